The van der Waals surface area contributed by atoms with Crippen LogP contribution in [0.1, 0.15) is 25.7 Å². The zero-order chi connectivity index (χ0) is 9.68. The van der Waals surface area contributed by atoms with Crippen molar-refractivity contribution in [2.75, 3.05) is 13.7 Å². The molecule has 1 rings (SSSR count). The Morgan fingerprint density at radius 2 is 2.08 bits per heavy atom. The van der Waals surface area contributed by atoms with E-state index in [1.807, 2.05) is 0 Å². The van der Waals surface area contributed by atoms with E-state index in [0.717, 1.165) is 32.2 Å². The summed E-state index contributed by atoms with van der Waals surface area (Å²) in [5.41, 5.74) is 0. The molecule has 0 bridgehead atoms. The number of halogens is 1. The smallest absolute Gasteiger partial charge is 0.308 e. The molecule has 0 radical (unpaired) electrons. The van der Waals surface area contributed by atoms with E-state index < -0.39 is 0 Å². The number of carbonyl (C=O) groups is 1. The predicted octanol–water partition coefficient (Wildman–Crippen LogP) is 1.71. The minimum atomic E-state index is -0.0581. The Labute approximate surface area is 83.9 Å². The second-order valence-electron chi connectivity index (χ2n) is 3.58. The second kappa shape index (κ2) is 5.45. The Bertz CT molecular complexity index is 167. The molecule has 0 amide bonds. The summed E-state index contributed by atoms with van der Waals surface area (Å²) in [6, 6.07) is 0. The normalized spacial score (nSPS) is 28.5. The van der Waals surface area contributed by atoms with Crippen molar-refractivity contribution in [3.8, 4) is 0 Å². The van der Waals surface area contributed by atoms with E-state index in [1.165, 1.54) is 7.11 Å². The third-order valence-corrected chi connectivity index (χ3v) is 2.90. The first-order valence-corrected chi connectivity index (χ1v) is 5.07. The quantitative estimate of drug-likeness (QED) is 0.563. The molecular weight excluding hydrogens is 190 g/mol. The number of methoxy groups -OCH3 is 1. The van der Waals surface area contributed by atoms with Gasteiger partial charge in [-0.15, -0.1) is 0 Å². The number of esters is 1. The summed E-state index contributed by atoms with van der Waals surface area (Å²) in [5, 5.41) is 0. The lowest BCUT2D eigenvalue weighted by molar-refractivity contribution is -0.146. The van der Waals surface area contributed by atoms with Gasteiger partial charge in [0, 0.05) is 6.54 Å². The number of hydrogen-bond acceptors (Lipinski definition) is 3. The van der Waals surface area contributed by atoms with Gasteiger partial charge >= 0.3 is 5.97 Å². The SMILES string of the molecule is COC(=O)[C@H]1CC[C@H](CNCl)CC1. The van der Waals surface area contributed by atoms with Gasteiger partial charge in [0.15, 0.2) is 0 Å². The number of ether oxygens (including phenoxy) is 1. The first kappa shape index (κ1) is 10.8. The fraction of sp³-hybridized carbons (Fsp3) is 0.889. The van der Waals surface area contributed by atoms with Crippen molar-refractivity contribution in [3.63, 3.8) is 0 Å². The second-order valence-corrected chi connectivity index (χ2v) is 3.85. The van der Waals surface area contributed by atoms with E-state index in [2.05, 4.69) is 4.84 Å². The molecule has 13 heavy (non-hydrogen) atoms. The van der Waals surface area contributed by atoms with Crippen molar-refractivity contribution < 1.29 is 9.53 Å². The Morgan fingerprint density at radius 1 is 1.46 bits per heavy atom. The van der Waals surface area contributed by atoms with Crippen molar-refractivity contribution in [2.45, 2.75) is 25.7 Å². The van der Waals surface area contributed by atoms with Crippen LogP contribution in [0.25, 0.3) is 0 Å². The highest BCUT2D eigenvalue weighted by molar-refractivity contribution is 6.13. The molecule has 1 fully saturated rings. The van der Waals surface area contributed by atoms with Gasteiger partial charge in [0.05, 0.1) is 13.0 Å². The summed E-state index contributed by atoms with van der Waals surface area (Å²) < 4.78 is 4.70. The van der Waals surface area contributed by atoms with Crippen LogP contribution in [0.5, 0.6) is 0 Å². The van der Waals surface area contributed by atoms with Gasteiger partial charge in [-0.3, -0.25) is 4.79 Å². The van der Waals surface area contributed by atoms with E-state index in [1.54, 1.807) is 0 Å². The highest BCUT2D eigenvalue weighted by atomic mass is 35.5. The number of nitrogens with one attached hydrogen (secondary N) is 1. The average Bonchev–Trinajstić information content (AvgIpc) is 2.18. The van der Waals surface area contributed by atoms with Crippen LogP contribution in [0, 0.1) is 11.8 Å². The molecule has 4 heteroatoms. The monoisotopic (exact) mass is 205 g/mol. The van der Waals surface area contributed by atoms with Gasteiger partial charge in [-0.2, -0.15) is 0 Å². The summed E-state index contributed by atoms with van der Waals surface area (Å²) in [7, 11) is 1.45. The highest BCUT2D eigenvalue weighted by Gasteiger charge is 2.26. The minimum absolute atomic E-state index is 0.0581. The molecule has 1 N–H and O–H groups in total. The summed E-state index contributed by atoms with van der Waals surface area (Å²) in [5.74, 6) is 0.687. The fourth-order valence-electron chi connectivity index (χ4n) is 1.88. The fourth-order valence-corrected chi connectivity index (χ4v) is 2.10. The maximum absolute atomic E-state index is 11.2. The lowest BCUT2D eigenvalue weighted by Gasteiger charge is -2.26. The molecule has 1 saturated carbocycles. The molecule has 0 atom stereocenters. The Hall–Kier alpha value is -0.280. The van der Waals surface area contributed by atoms with Crippen molar-refractivity contribution >= 4 is 17.7 Å². The zero-order valence-corrected chi connectivity index (χ0v) is 8.64. The van der Waals surface area contributed by atoms with Gasteiger partial charge in [-0.1, -0.05) is 0 Å². The molecule has 0 aromatic heterocycles. The number of rotatable bonds is 3. The third kappa shape index (κ3) is 3.16. The molecular formula is C9H16ClNO2. The van der Waals surface area contributed by atoms with Crippen molar-refractivity contribution in [3.05, 3.63) is 0 Å². The number of carbonyl (C=O) groups excluding carboxylic acids is 1. The summed E-state index contributed by atoms with van der Waals surface area (Å²) in [6.07, 6.45) is 4.02. The predicted molar refractivity (Wildman–Crippen MR) is 51.3 cm³/mol. The highest BCUT2D eigenvalue weighted by Crippen LogP contribution is 2.28. The molecule has 1 aliphatic rings. The zero-order valence-electron chi connectivity index (χ0n) is 7.88. The molecule has 0 heterocycles. The summed E-state index contributed by atoms with van der Waals surface area (Å²) >= 11 is 5.42. The molecule has 3 nitrogen and oxygen atoms in total. The van der Waals surface area contributed by atoms with E-state index in [4.69, 9.17) is 16.5 Å². The molecule has 76 valence electrons. The van der Waals surface area contributed by atoms with E-state index >= 15 is 0 Å². The maximum Gasteiger partial charge on any atom is 0.308 e. The first-order valence-electron chi connectivity index (χ1n) is 4.69. The Kier molecular flexibility index (Phi) is 4.53. The standard InChI is InChI=1S/C9H16ClNO2/c1-13-9(12)8-4-2-7(3-5-8)6-11-10/h7-8,11H,2-6H2,1H3/t7-,8-. The largest absolute Gasteiger partial charge is 0.469 e. The molecule has 0 saturated heterocycles. The van der Waals surface area contributed by atoms with Crippen LogP contribution >= 0.6 is 11.8 Å². The van der Waals surface area contributed by atoms with E-state index in [-0.39, 0.29) is 11.9 Å². The molecule has 0 aromatic carbocycles. The van der Waals surface area contributed by atoms with Crippen LogP contribution in [-0.4, -0.2) is 19.6 Å². The van der Waals surface area contributed by atoms with Gasteiger partial charge < -0.3 is 4.74 Å². The lowest BCUT2D eigenvalue weighted by atomic mass is 9.82. The van der Waals surface area contributed by atoms with Crippen molar-refractivity contribution in [1.29, 1.82) is 0 Å². The summed E-state index contributed by atoms with van der Waals surface area (Å²) in [6.45, 7) is 0.843. The Balaban J connectivity index is 2.26. The van der Waals surface area contributed by atoms with Gasteiger partial charge in [-0.05, 0) is 43.4 Å². The Morgan fingerprint density at radius 3 is 2.54 bits per heavy atom. The van der Waals surface area contributed by atoms with Crippen molar-refractivity contribution in [2.24, 2.45) is 11.8 Å². The minimum Gasteiger partial charge on any atom is -0.469 e. The molecule has 1 aliphatic carbocycles. The van der Waals surface area contributed by atoms with Crippen molar-refractivity contribution in [1.82, 2.24) is 4.84 Å². The van der Waals surface area contributed by atoms with E-state index in [9.17, 15) is 4.79 Å². The van der Waals surface area contributed by atoms with Crippen LogP contribution in [0.3, 0.4) is 0 Å². The van der Waals surface area contributed by atoms with Gasteiger partial charge in [-0.25, -0.2) is 4.84 Å². The van der Waals surface area contributed by atoms with Crippen LogP contribution in [0.4, 0.5) is 0 Å². The van der Waals surface area contributed by atoms with Gasteiger partial charge in [0.25, 0.3) is 0 Å². The molecule has 0 aromatic rings. The molecule has 0 aliphatic heterocycles. The molecule has 0 spiro atoms. The van der Waals surface area contributed by atoms with Gasteiger partial charge in [0.2, 0.25) is 0 Å². The first-order chi connectivity index (χ1) is 6.27. The van der Waals surface area contributed by atoms with Gasteiger partial charge in [0.1, 0.15) is 0 Å². The molecule has 0 unspecified atom stereocenters. The van der Waals surface area contributed by atoms with Crippen LogP contribution in [0.15, 0.2) is 0 Å². The third-order valence-electron chi connectivity index (χ3n) is 2.75. The average molecular weight is 206 g/mol. The van der Waals surface area contributed by atoms with Crippen LogP contribution in [0.2, 0.25) is 0 Å². The number of hydrogen-bond donors (Lipinski definition) is 1. The maximum atomic E-state index is 11.2. The summed E-state index contributed by atoms with van der Waals surface area (Å²) in [4.78, 5) is 13.8. The van der Waals surface area contributed by atoms with Crippen LogP contribution in [-0.2, 0) is 9.53 Å². The van der Waals surface area contributed by atoms with E-state index in [0.29, 0.717) is 5.92 Å². The lowest BCUT2D eigenvalue weighted by Crippen LogP contribution is -2.26. The van der Waals surface area contributed by atoms with Crippen LogP contribution < -0.4 is 4.84 Å². The topological polar surface area (TPSA) is 38.3 Å².